The van der Waals surface area contributed by atoms with Gasteiger partial charge in [0.1, 0.15) is 17.1 Å². The van der Waals surface area contributed by atoms with E-state index in [1.54, 1.807) is 18.3 Å². The average Bonchev–Trinajstić information content (AvgIpc) is 3.22. The Morgan fingerprint density at radius 2 is 1.65 bits per heavy atom. The molecule has 1 aliphatic rings. The Labute approximate surface area is 196 Å². The molecule has 5 N–H and O–H groups in total. The number of hydrogen-bond donors (Lipinski definition) is 3. The van der Waals surface area contributed by atoms with E-state index in [0.29, 0.717) is 17.3 Å². The second-order valence-electron chi connectivity index (χ2n) is 8.85. The first-order valence-electron chi connectivity index (χ1n) is 11.3. The molecule has 0 amide bonds. The zero-order valence-corrected chi connectivity index (χ0v) is 18.5. The summed E-state index contributed by atoms with van der Waals surface area (Å²) in [4.78, 5) is 14.1. The summed E-state index contributed by atoms with van der Waals surface area (Å²) in [7, 11) is 0. The number of hydrogen-bond acceptors (Lipinski definition) is 6. The SMILES string of the molecule is Nc1ncccc1-c1nc2ccc(-c3ccc(O)cc3)nc2n1-c1ccc(C2(N)CCC2)cc1. The number of phenols is 1. The Kier molecular flexibility index (Phi) is 4.60. The number of fused-ring (bicyclic) bond motifs is 1. The first kappa shape index (κ1) is 20.4. The number of imidazole rings is 1. The first-order chi connectivity index (χ1) is 16.5. The minimum Gasteiger partial charge on any atom is -0.508 e. The molecule has 0 unspecified atom stereocenters. The second kappa shape index (κ2) is 7.67. The molecule has 0 radical (unpaired) electrons. The molecule has 0 bridgehead atoms. The summed E-state index contributed by atoms with van der Waals surface area (Å²) < 4.78 is 2.01. The third-order valence-corrected chi connectivity index (χ3v) is 6.69. The fourth-order valence-corrected chi connectivity index (χ4v) is 4.57. The van der Waals surface area contributed by atoms with Crippen molar-refractivity contribution in [3.8, 4) is 34.1 Å². The minimum absolute atomic E-state index is 0.216. The lowest BCUT2D eigenvalue weighted by Gasteiger charge is -2.38. The number of nitrogens with zero attached hydrogens (tertiary/aromatic N) is 4. The fraction of sp³-hybridized carbons (Fsp3) is 0.148. The Hall–Kier alpha value is -4.23. The summed E-state index contributed by atoms with van der Waals surface area (Å²) in [6.07, 6.45) is 4.85. The predicted molar refractivity (Wildman–Crippen MR) is 133 cm³/mol. The zero-order valence-electron chi connectivity index (χ0n) is 18.5. The van der Waals surface area contributed by atoms with Crippen LogP contribution in [0.1, 0.15) is 24.8 Å². The molecule has 0 aliphatic heterocycles. The summed E-state index contributed by atoms with van der Waals surface area (Å²) in [5, 5.41) is 9.66. The van der Waals surface area contributed by atoms with Crippen LogP contribution in [0.5, 0.6) is 5.75 Å². The monoisotopic (exact) mass is 448 g/mol. The van der Waals surface area contributed by atoms with Gasteiger partial charge in [0.2, 0.25) is 0 Å². The lowest BCUT2D eigenvalue weighted by Crippen LogP contribution is -2.43. The van der Waals surface area contributed by atoms with Crippen LogP contribution in [0.15, 0.2) is 79.0 Å². The molecule has 5 aromatic rings. The Balaban J connectivity index is 1.56. The molecule has 0 atom stereocenters. The molecule has 1 saturated carbocycles. The number of nitrogen functional groups attached to an aromatic ring is 1. The van der Waals surface area contributed by atoms with Gasteiger partial charge in [-0.05, 0) is 85.5 Å². The van der Waals surface area contributed by atoms with Crippen LogP contribution >= 0.6 is 0 Å². The van der Waals surface area contributed by atoms with E-state index >= 15 is 0 Å². The number of pyridine rings is 2. The number of phenolic OH excluding ortho intramolecular Hbond substituents is 1. The highest BCUT2D eigenvalue weighted by Crippen LogP contribution is 2.39. The number of aromatic hydroxyl groups is 1. The molecule has 0 spiro atoms. The van der Waals surface area contributed by atoms with Crippen LogP contribution in [0.2, 0.25) is 0 Å². The highest BCUT2D eigenvalue weighted by atomic mass is 16.3. The van der Waals surface area contributed by atoms with Gasteiger partial charge in [0.25, 0.3) is 0 Å². The van der Waals surface area contributed by atoms with Crippen molar-refractivity contribution >= 4 is 17.0 Å². The molecule has 1 aliphatic carbocycles. The number of nitrogens with two attached hydrogens (primary N) is 2. The van der Waals surface area contributed by atoms with Crippen molar-refractivity contribution < 1.29 is 5.11 Å². The quantitative estimate of drug-likeness (QED) is 0.365. The topological polar surface area (TPSA) is 116 Å². The number of anilines is 1. The number of rotatable bonds is 4. The highest BCUT2D eigenvalue weighted by molar-refractivity contribution is 5.84. The molecule has 7 heteroatoms. The van der Waals surface area contributed by atoms with Gasteiger partial charge in [0.05, 0.1) is 11.3 Å². The van der Waals surface area contributed by atoms with Gasteiger partial charge in [0, 0.05) is 23.0 Å². The van der Waals surface area contributed by atoms with E-state index in [2.05, 4.69) is 29.2 Å². The fourth-order valence-electron chi connectivity index (χ4n) is 4.57. The Morgan fingerprint density at radius 1 is 0.882 bits per heavy atom. The van der Waals surface area contributed by atoms with Crippen LogP contribution in [0, 0.1) is 0 Å². The molecule has 168 valence electrons. The van der Waals surface area contributed by atoms with Crippen molar-refractivity contribution in [1.82, 2.24) is 19.5 Å². The van der Waals surface area contributed by atoms with Gasteiger partial charge in [-0.25, -0.2) is 15.0 Å². The molecule has 6 rings (SSSR count). The largest absolute Gasteiger partial charge is 0.508 e. The van der Waals surface area contributed by atoms with E-state index in [0.717, 1.165) is 46.4 Å². The maximum atomic E-state index is 9.66. The van der Waals surface area contributed by atoms with Gasteiger partial charge in [0.15, 0.2) is 11.5 Å². The highest BCUT2D eigenvalue weighted by Gasteiger charge is 2.34. The van der Waals surface area contributed by atoms with Crippen molar-refractivity contribution in [2.24, 2.45) is 5.73 Å². The lowest BCUT2D eigenvalue weighted by molar-refractivity contribution is 0.253. The van der Waals surface area contributed by atoms with Gasteiger partial charge >= 0.3 is 0 Å². The second-order valence-corrected chi connectivity index (χ2v) is 8.85. The molecular weight excluding hydrogens is 424 g/mol. The van der Waals surface area contributed by atoms with E-state index in [4.69, 9.17) is 21.4 Å². The lowest BCUT2D eigenvalue weighted by atomic mass is 9.73. The smallest absolute Gasteiger partial charge is 0.165 e. The van der Waals surface area contributed by atoms with E-state index < -0.39 is 0 Å². The molecule has 7 nitrogen and oxygen atoms in total. The van der Waals surface area contributed by atoms with Gasteiger partial charge in [-0.15, -0.1) is 0 Å². The van der Waals surface area contributed by atoms with Crippen molar-refractivity contribution in [1.29, 1.82) is 0 Å². The molecular formula is C27H24N6O. The maximum absolute atomic E-state index is 9.66. The van der Waals surface area contributed by atoms with Crippen molar-refractivity contribution in [3.05, 3.63) is 84.6 Å². The average molecular weight is 449 g/mol. The number of benzene rings is 2. The minimum atomic E-state index is -0.226. The van der Waals surface area contributed by atoms with Crippen LogP contribution in [-0.4, -0.2) is 24.6 Å². The van der Waals surface area contributed by atoms with Gasteiger partial charge < -0.3 is 16.6 Å². The molecule has 2 aromatic carbocycles. The molecule has 0 saturated heterocycles. The molecule has 3 aromatic heterocycles. The van der Waals surface area contributed by atoms with Crippen molar-refractivity contribution in [3.63, 3.8) is 0 Å². The number of aromatic nitrogens is 4. The summed E-state index contributed by atoms with van der Waals surface area (Å²) in [5.41, 5.74) is 18.5. The Bertz CT molecular complexity index is 1500. The summed E-state index contributed by atoms with van der Waals surface area (Å²) in [5.74, 6) is 1.30. The van der Waals surface area contributed by atoms with Crippen LogP contribution in [-0.2, 0) is 5.54 Å². The Morgan fingerprint density at radius 3 is 2.32 bits per heavy atom. The van der Waals surface area contributed by atoms with Gasteiger partial charge in [-0.2, -0.15) is 0 Å². The standard InChI is InChI=1S/C27H24N6O/c28-24-21(3-1-16-30-24)25-32-23-13-12-22(17-4-10-20(34)11-5-17)31-26(23)33(25)19-8-6-18(7-9-19)27(29)14-2-15-27/h1,3-13,16,34H,2,14-15,29H2,(H2,28,30). The van der Waals surface area contributed by atoms with E-state index in [-0.39, 0.29) is 11.3 Å². The summed E-state index contributed by atoms with van der Waals surface area (Å²) in [6, 6.07) is 23.0. The van der Waals surface area contributed by atoms with E-state index in [1.807, 2.05) is 41.0 Å². The maximum Gasteiger partial charge on any atom is 0.165 e. The van der Waals surface area contributed by atoms with Crippen LogP contribution < -0.4 is 11.5 Å². The normalized spacial score (nSPS) is 14.7. The molecule has 3 heterocycles. The third-order valence-electron chi connectivity index (χ3n) is 6.69. The van der Waals surface area contributed by atoms with Crippen molar-refractivity contribution in [2.75, 3.05) is 5.73 Å². The summed E-state index contributed by atoms with van der Waals surface area (Å²) >= 11 is 0. The van der Waals surface area contributed by atoms with E-state index in [1.165, 1.54) is 6.42 Å². The van der Waals surface area contributed by atoms with Gasteiger partial charge in [-0.1, -0.05) is 12.1 Å². The summed E-state index contributed by atoms with van der Waals surface area (Å²) in [6.45, 7) is 0. The zero-order chi connectivity index (χ0) is 23.3. The van der Waals surface area contributed by atoms with Gasteiger partial charge in [-0.3, -0.25) is 4.57 Å². The van der Waals surface area contributed by atoms with Crippen LogP contribution in [0.4, 0.5) is 5.82 Å². The van der Waals surface area contributed by atoms with Crippen LogP contribution in [0.25, 0.3) is 39.5 Å². The third kappa shape index (κ3) is 3.29. The van der Waals surface area contributed by atoms with Crippen LogP contribution in [0.3, 0.4) is 0 Å². The first-order valence-corrected chi connectivity index (χ1v) is 11.3. The molecule has 34 heavy (non-hydrogen) atoms. The van der Waals surface area contributed by atoms with E-state index in [9.17, 15) is 5.11 Å². The molecule has 1 fully saturated rings. The predicted octanol–water partition coefficient (Wildman–Crippen LogP) is 4.78. The van der Waals surface area contributed by atoms with Crippen molar-refractivity contribution in [2.45, 2.75) is 24.8 Å².